The Morgan fingerprint density at radius 1 is 0.759 bits per heavy atom. The van der Waals surface area contributed by atoms with Crippen LogP contribution >= 0.6 is 0 Å². The Bertz CT molecular complexity index is 2380. The van der Waals surface area contributed by atoms with Crippen LogP contribution in [0, 0.1) is 0 Å². The minimum Gasteiger partial charge on any atom is -0.870 e. The summed E-state index contributed by atoms with van der Waals surface area (Å²) in [5.41, 5.74) is 5.20. The Kier molecular flexibility index (Phi) is 17.8. The minimum absolute atomic E-state index is 0. The van der Waals surface area contributed by atoms with Crippen LogP contribution in [0.15, 0.2) is 136 Å². The Balaban J connectivity index is 0.00000336. The van der Waals surface area contributed by atoms with Gasteiger partial charge < -0.3 is 33.0 Å². The minimum atomic E-state index is -4.61. The van der Waals surface area contributed by atoms with Gasteiger partial charge >= 0.3 is 59.1 Å². The first-order valence-electron chi connectivity index (χ1n) is 15.8. The van der Waals surface area contributed by atoms with Crippen LogP contribution in [0.1, 0.15) is 36.1 Å². The molecular weight excluding hydrogens is 775 g/mol. The smallest absolute Gasteiger partial charge is 0.870 e. The van der Waals surface area contributed by atoms with Crippen molar-refractivity contribution in [1.82, 2.24) is 0 Å². The molecule has 0 radical (unpaired) electrons. The summed E-state index contributed by atoms with van der Waals surface area (Å²) >= 11 is 0. The first kappa shape index (κ1) is 47.3. The van der Waals surface area contributed by atoms with Crippen LogP contribution in [0.5, 0.6) is 5.75 Å². The van der Waals surface area contributed by atoms with Gasteiger partial charge in [0, 0.05) is 36.5 Å². The summed E-state index contributed by atoms with van der Waals surface area (Å²) in [6, 6.07) is 23.3. The van der Waals surface area contributed by atoms with Crippen LogP contribution in [0.2, 0.25) is 0 Å². The summed E-state index contributed by atoms with van der Waals surface area (Å²) in [5.74, 6) is -0.206. The molecule has 4 aromatic rings. The zero-order valence-electron chi connectivity index (χ0n) is 30.1. The average Bonchev–Trinajstić information content (AvgIpc) is 3.10. The molecule has 274 valence electrons. The van der Waals surface area contributed by atoms with Crippen molar-refractivity contribution in [3.63, 3.8) is 0 Å². The summed E-state index contributed by atoms with van der Waals surface area (Å²) in [6.45, 7) is 5.67. The van der Waals surface area contributed by atoms with E-state index in [9.17, 15) is 39.5 Å². The maximum Gasteiger partial charge on any atom is 1.00 e. The van der Waals surface area contributed by atoms with Crippen LogP contribution in [-0.4, -0.2) is 59.9 Å². The van der Waals surface area contributed by atoms with Gasteiger partial charge in [-0.3, -0.25) is 0 Å². The van der Waals surface area contributed by atoms with Crippen molar-refractivity contribution in [3.05, 3.63) is 143 Å². The molecular formula is C37H35N2Na2O10S3-. The number of hydrogen-bond donors (Lipinski definition) is 1. The largest absolute Gasteiger partial charge is 1.00 e. The second-order valence-corrected chi connectivity index (χ2v) is 15.3. The molecule has 12 nitrogen and oxygen atoms in total. The van der Waals surface area contributed by atoms with Gasteiger partial charge in [-0.25, -0.2) is 21.4 Å². The van der Waals surface area contributed by atoms with E-state index in [4.69, 9.17) is 0 Å². The zero-order valence-corrected chi connectivity index (χ0v) is 36.5. The van der Waals surface area contributed by atoms with E-state index in [1.165, 1.54) is 48.5 Å². The SMILES string of the molecule is CCN(Cc1cccc(S(=O)(=O)[O-])c1)c1ccc(C(=C2C=CC(=[N+](CC)Cc3cccc(S(=O)(=O)[O-])c3)C=C2)c2ccc(O)cc2[S-](=O)=O)cc1.[Na+].[Na+].[OH-]. The third-order valence-electron chi connectivity index (χ3n) is 8.34. The molecule has 0 aromatic heterocycles. The van der Waals surface area contributed by atoms with Crippen LogP contribution in [-0.2, 0) is 52.4 Å². The molecule has 0 aliphatic heterocycles. The zero-order chi connectivity index (χ0) is 36.9. The Labute approximate surface area is 361 Å². The van der Waals surface area contributed by atoms with Crippen molar-refractivity contribution < 1.29 is 109 Å². The predicted octanol–water partition coefficient (Wildman–Crippen LogP) is -0.672. The van der Waals surface area contributed by atoms with Crippen LogP contribution in [0.4, 0.5) is 5.69 Å². The molecule has 0 fully saturated rings. The first-order chi connectivity index (χ1) is 24.2. The number of hydrogen-bond acceptors (Lipinski definition) is 12. The summed E-state index contributed by atoms with van der Waals surface area (Å²) in [6.07, 6.45) is 7.43. The van der Waals surface area contributed by atoms with Crippen molar-refractivity contribution in [3.8, 4) is 5.75 Å². The number of rotatable bonds is 12. The average molecular weight is 810 g/mol. The maximum absolute atomic E-state index is 12.4. The molecule has 54 heavy (non-hydrogen) atoms. The third kappa shape index (κ3) is 11.8. The van der Waals surface area contributed by atoms with E-state index in [2.05, 4.69) is 0 Å². The van der Waals surface area contributed by atoms with Crippen LogP contribution in [0.3, 0.4) is 0 Å². The van der Waals surface area contributed by atoms with Crippen molar-refractivity contribution >= 4 is 47.9 Å². The molecule has 0 atom stereocenters. The fourth-order valence-corrected chi connectivity index (χ4v) is 7.47. The summed E-state index contributed by atoms with van der Waals surface area (Å²) in [5, 5.41) is 10.1. The normalized spacial score (nSPS) is 12.4. The Hall–Kier alpha value is -2.90. The molecule has 0 heterocycles. The monoisotopic (exact) mass is 809 g/mol. The molecule has 0 bridgehead atoms. The maximum atomic E-state index is 12.4. The molecule has 0 unspecified atom stereocenters. The number of allylic oxidation sites excluding steroid dienone is 5. The summed E-state index contributed by atoms with van der Waals surface area (Å²) in [7, 11) is -11.9. The fourth-order valence-electron chi connectivity index (χ4n) is 5.82. The van der Waals surface area contributed by atoms with Gasteiger partial charge in [-0.05, 0) is 113 Å². The number of anilines is 1. The van der Waals surface area contributed by atoms with Gasteiger partial charge in [-0.1, -0.05) is 47.4 Å². The van der Waals surface area contributed by atoms with E-state index in [1.54, 1.807) is 18.2 Å². The quantitative estimate of drug-likeness (QED) is 0.0823. The first-order valence-corrected chi connectivity index (χ1v) is 19.7. The number of phenolic OH excluding ortho intramolecular Hbond substituents is 1. The van der Waals surface area contributed by atoms with E-state index in [1.807, 2.05) is 71.9 Å². The summed E-state index contributed by atoms with van der Waals surface area (Å²) in [4.78, 5) is 1.30. The molecule has 0 saturated carbocycles. The second kappa shape index (κ2) is 20.3. The van der Waals surface area contributed by atoms with Crippen LogP contribution in [0.25, 0.3) is 5.57 Å². The Morgan fingerprint density at radius 3 is 1.83 bits per heavy atom. The third-order valence-corrected chi connectivity index (χ3v) is 10.7. The van der Waals surface area contributed by atoms with Crippen molar-refractivity contribution in [2.45, 2.75) is 41.6 Å². The van der Waals surface area contributed by atoms with E-state index >= 15 is 0 Å². The van der Waals surface area contributed by atoms with Gasteiger partial charge in [0.2, 0.25) is 0 Å². The van der Waals surface area contributed by atoms with E-state index in [0.717, 1.165) is 11.4 Å². The molecule has 5 rings (SSSR count). The van der Waals surface area contributed by atoms with Gasteiger partial charge in [0.15, 0.2) is 12.3 Å². The van der Waals surface area contributed by atoms with E-state index < -0.39 is 30.9 Å². The second-order valence-electron chi connectivity index (χ2n) is 11.6. The van der Waals surface area contributed by atoms with Crippen molar-refractivity contribution in [2.75, 3.05) is 18.0 Å². The Morgan fingerprint density at radius 2 is 1.31 bits per heavy atom. The van der Waals surface area contributed by atoms with Crippen molar-refractivity contribution in [2.24, 2.45) is 0 Å². The topological polar surface area (TPSA) is 205 Å². The molecule has 17 heteroatoms. The van der Waals surface area contributed by atoms with E-state index in [-0.39, 0.29) is 85.0 Å². The molecule has 2 N–H and O–H groups in total. The molecule has 1 aliphatic carbocycles. The molecule has 4 aromatic carbocycles. The molecule has 0 amide bonds. The molecule has 0 saturated heterocycles. The fraction of sp³-hybridized carbons (Fsp3) is 0.162. The standard InChI is InChI=1S/C37H35N2O9S3.2Na.H2O/c1-3-38(24-26-7-5-9-33(21-26)50(43,44)45)30-15-11-28(12-16-30)37(35-20-19-32(40)23-36(35)49(41)42)29-13-17-31(18-14-29)39(4-2)25-27-8-6-10-34(22-27)51(46,47)48;;;/h5-23H,3-4,24-25H2,1-2H3,(H2,43,44,45,46,47,48);;;1H2/q-1;2*+1;/p-2. The number of aromatic hydroxyl groups is 1. The number of benzene rings is 4. The van der Waals surface area contributed by atoms with Crippen LogP contribution < -0.4 is 64.0 Å². The number of phenols is 1. The molecule has 1 aliphatic rings. The van der Waals surface area contributed by atoms with Gasteiger partial charge in [-0.15, -0.1) is 0 Å². The van der Waals surface area contributed by atoms with Gasteiger partial charge in [-0.2, -0.15) is 0 Å². The molecule has 0 spiro atoms. The van der Waals surface area contributed by atoms with E-state index in [0.29, 0.717) is 59.6 Å². The van der Waals surface area contributed by atoms with Gasteiger partial charge in [0.1, 0.15) is 32.5 Å². The predicted molar refractivity (Wildman–Crippen MR) is 193 cm³/mol. The summed E-state index contributed by atoms with van der Waals surface area (Å²) < 4.78 is 96.1. The van der Waals surface area contributed by atoms with Gasteiger partial charge in [0.25, 0.3) is 0 Å². The van der Waals surface area contributed by atoms with Gasteiger partial charge in [0.05, 0.1) is 9.79 Å². The number of nitrogens with zero attached hydrogens (tertiary/aromatic N) is 2. The van der Waals surface area contributed by atoms with Crippen molar-refractivity contribution in [1.29, 1.82) is 0 Å².